The van der Waals surface area contributed by atoms with E-state index in [4.69, 9.17) is 18.9 Å². The molecule has 6 rings (SSSR count). The molecule has 2 aromatic carbocycles. The summed E-state index contributed by atoms with van der Waals surface area (Å²) in [5.74, 6) is 1.99. The van der Waals surface area contributed by atoms with Crippen LogP contribution in [0.5, 0.6) is 23.0 Å². The van der Waals surface area contributed by atoms with Gasteiger partial charge in [0.25, 0.3) is 0 Å². The van der Waals surface area contributed by atoms with Crippen LogP contribution < -0.4 is 29.6 Å². The van der Waals surface area contributed by atoms with E-state index in [0.717, 1.165) is 97.1 Å². The van der Waals surface area contributed by atoms with E-state index in [1.165, 1.54) is 25.7 Å². The molecule has 272 valence electrons. The predicted octanol–water partition coefficient (Wildman–Crippen LogP) is 7.68. The summed E-state index contributed by atoms with van der Waals surface area (Å²) in [5.41, 5.74) is 5.01. The average Bonchev–Trinajstić information content (AvgIpc) is 3.95. The number of aliphatic carboxylic acids is 2. The molecule has 0 radical (unpaired) electrons. The molecule has 2 saturated carbocycles. The van der Waals surface area contributed by atoms with E-state index in [0.29, 0.717) is 24.0 Å². The number of hydrogen-bond acceptors (Lipinski definition) is 8. The van der Waals surface area contributed by atoms with Crippen LogP contribution in [0.25, 0.3) is 0 Å². The third-order valence-electron chi connectivity index (χ3n) is 10.5. The zero-order chi connectivity index (χ0) is 35.6. The number of carboxylic acid groups (broad SMARTS) is 2. The molecule has 50 heavy (non-hydrogen) atoms. The summed E-state index contributed by atoms with van der Waals surface area (Å²) in [6.45, 7) is 5.27. The Hall–Kier alpha value is -4.34. The molecule has 0 bridgehead atoms. The van der Waals surface area contributed by atoms with Crippen molar-refractivity contribution in [1.29, 1.82) is 0 Å². The van der Waals surface area contributed by atoms with Gasteiger partial charge in [0.1, 0.15) is 0 Å². The lowest BCUT2D eigenvalue weighted by atomic mass is 9.95. The molecule has 0 aromatic heterocycles. The van der Waals surface area contributed by atoms with Crippen LogP contribution in [0, 0.1) is 0 Å². The van der Waals surface area contributed by atoms with E-state index in [1.807, 2.05) is 26.0 Å². The zero-order valence-corrected chi connectivity index (χ0v) is 30.0. The number of benzene rings is 2. The van der Waals surface area contributed by atoms with Gasteiger partial charge >= 0.3 is 11.9 Å². The van der Waals surface area contributed by atoms with Gasteiger partial charge in [-0.05, 0) is 112 Å². The minimum Gasteiger partial charge on any atom is -0.493 e. The van der Waals surface area contributed by atoms with Gasteiger partial charge in [0.05, 0.1) is 37.6 Å². The van der Waals surface area contributed by atoms with Crippen molar-refractivity contribution >= 4 is 11.9 Å². The maximum atomic E-state index is 11.4. The quantitative estimate of drug-likeness (QED) is 0.164. The molecule has 2 atom stereocenters. The lowest BCUT2D eigenvalue weighted by Gasteiger charge is -2.18. The Morgan fingerprint density at radius 2 is 1.02 bits per heavy atom. The van der Waals surface area contributed by atoms with E-state index >= 15 is 0 Å². The summed E-state index contributed by atoms with van der Waals surface area (Å²) in [4.78, 5) is 22.7. The van der Waals surface area contributed by atoms with E-state index in [9.17, 15) is 19.8 Å². The van der Waals surface area contributed by atoms with E-state index in [2.05, 4.69) is 34.9 Å². The van der Waals surface area contributed by atoms with Crippen LogP contribution in [0.3, 0.4) is 0 Å². The molecule has 2 saturated heterocycles. The van der Waals surface area contributed by atoms with Crippen molar-refractivity contribution in [3.63, 3.8) is 0 Å². The highest BCUT2D eigenvalue weighted by Gasteiger charge is 2.28. The van der Waals surface area contributed by atoms with Crippen molar-refractivity contribution < 1.29 is 38.7 Å². The van der Waals surface area contributed by atoms with Gasteiger partial charge in [0.15, 0.2) is 23.0 Å². The second kappa shape index (κ2) is 17.5. The molecule has 0 amide bonds. The molecular weight excluding hydrogens is 636 g/mol. The van der Waals surface area contributed by atoms with Gasteiger partial charge in [-0.3, -0.25) is 0 Å². The number of carbonyl (C=O) groups is 2. The van der Waals surface area contributed by atoms with Gasteiger partial charge in [-0.2, -0.15) is 0 Å². The number of hydrogen-bond donors (Lipinski definition) is 4. The number of methoxy groups -OCH3 is 2. The average molecular weight is 691 g/mol. The fourth-order valence-corrected chi connectivity index (χ4v) is 7.64. The fourth-order valence-electron chi connectivity index (χ4n) is 7.64. The van der Waals surface area contributed by atoms with Crippen LogP contribution in [0.15, 0.2) is 58.9 Å². The Kier molecular flexibility index (Phi) is 13.0. The van der Waals surface area contributed by atoms with E-state index in [1.54, 1.807) is 14.2 Å². The lowest BCUT2D eigenvalue weighted by molar-refractivity contribution is -0.133. The van der Waals surface area contributed by atoms with Gasteiger partial charge in [-0.15, -0.1) is 0 Å². The van der Waals surface area contributed by atoms with Crippen LogP contribution in [0.4, 0.5) is 0 Å². The lowest BCUT2D eigenvalue weighted by Crippen LogP contribution is -2.13. The first-order chi connectivity index (χ1) is 24.2. The standard InChI is InChI=1S/2C20H27NO4/c2*1-3-16(20(22)23)17-10-14(12-21-17)13-8-9-18(24-2)19(11-13)25-15-6-4-5-7-15/h2*8-9,11,14-15,21H,3-7,10,12H2,1-2H3,(H,22,23)/t2*14-/m10/s1. The summed E-state index contributed by atoms with van der Waals surface area (Å²) in [6.07, 6.45) is 12.4. The molecule has 0 unspecified atom stereocenters. The number of nitrogens with one attached hydrogen (secondary N) is 2. The van der Waals surface area contributed by atoms with Crippen molar-refractivity contribution in [2.24, 2.45) is 0 Å². The van der Waals surface area contributed by atoms with Crippen molar-refractivity contribution in [3.05, 3.63) is 70.1 Å². The number of allylic oxidation sites excluding steroid dienone is 2. The van der Waals surface area contributed by atoms with Crippen molar-refractivity contribution in [2.45, 2.75) is 115 Å². The zero-order valence-electron chi connectivity index (χ0n) is 30.0. The summed E-state index contributed by atoms with van der Waals surface area (Å²) in [6, 6.07) is 12.2. The van der Waals surface area contributed by atoms with Crippen molar-refractivity contribution in [2.75, 3.05) is 27.3 Å². The first kappa shape index (κ1) is 36.9. The number of ether oxygens (including phenoxy) is 4. The largest absolute Gasteiger partial charge is 0.493 e. The second-order valence-corrected chi connectivity index (χ2v) is 13.7. The number of rotatable bonds is 12. The smallest absolute Gasteiger partial charge is 0.333 e. The highest BCUT2D eigenvalue weighted by Crippen LogP contribution is 2.39. The van der Waals surface area contributed by atoms with Gasteiger partial charge in [-0.25, -0.2) is 9.59 Å². The molecule has 2 aliphatic carbocycles. The third kappa shape index (κ3) is 9.06. The van der Waals surface area contributed by atoms with Crippen LogP contribution >= 0.6 is 0 Å². The molecule has 4 aliphatic rings. The first-order valence-electron chi connectivity index (χ1n) is 18.3. The monoisotopic (exact) mass is 690 g/mol. The summed E-state index contributed by atoms with van der Waals surface area (Å²) in [5, 5.41) is 25.2. The topological polar surface area (TPSA) is 136 Å². The fraction of sp³-hybridized carbons (Fsp3) is 0.550. The minimum atomic E-state index is -0.828. The van der Waals surface area contributed by atoms with Crippen LogP contribution in [-0.4, -0.2) is 61.7 Å². The van der Waals surface area contributed by atoms with Gasteiger partial charge in [0.2, 0.25) is 0 Å². The Morgan fingerprint density at radius 1 is 0.640 bits per heavy atom. The third-order valence-corrected chi connectivity index (χ3v) is 10.5. The first-order valence-corrected chi connectivity index (χ1v) is 18.3. The summed E-state index contributed by atoms with van der Waals surface area (Å²) in [7, 11) is 3.32. The normalized spacial score (nSPS) is 22.6. The minimum absolute atomic E-state index is 0.257. The molecule has 10 heteroatoms. The van der Waals surface area contributed by atoms with Crippen LogP contribution in [0.1, 0.15) is 114 Å². The highest BCUT2D eigenvalue weighted by atomic mass is 16.5. The molecule has 0 spiro atoms. The molecule has 2 aliphatic heterocycles. The van der Waals surface area contributed by atoms with E-state index < -0.39 is 11.9 Å². The molecule has 2 heterocycles. The van der Waals surface area contributed by atoms with Crippen LogP contribution in [0.2, 0.25) is 0 Å². The maximum Gasteiger partial charge on any atom is 0.333 e. The predicted molar refractivity (Wildman–Crippen MR) is 192 cm³/mol. The Balaban J connectivity index is 0.000000194. The summed E-state index contributed by atoms with van der Waals surface area (Å²) >= 11 is 0. The number of carboxylic acids is 2. The van der Waals surface area contributed by atoms with Gasteiger partial charge in [0, 0.05) is 36.3 Å². The van der Waals surface area contributed by atoms with Gasteiger partial charge in [-0.1, -0.05) is 26.0 Å². The second-order valence-electron chi connectivity index (χ2n) is 13.7. The Labute approximate surface area is 296 Å². The molecular formula is C40H54N2O8. The maximum absolute atomic E-state index is 11.4. The highest BCUT2D eigenvalue weighted by molar-refractivity contribution is 5.88. The Bertz CT molecular complexity index is 1440. The molecule has 10 nitrogen and oxygen atoms in total. The van der Waals surface area contributed by atoms with Crippen molar-refractivity contribution in [1.82, 2.24) is 10.6 Å². The molecule has 2 aromatic rings. The molecule has 4 N–H and O–H groups in total. The molecule has 4 fully saturated rings. The van der Waals surface area contributed by atoms with Crippen LogP contribution in [-0.2, 0) is 9.59 Å². The van der Waals surface area contributed by atoms with E-state index in [-0.39, 0.29) is 24.0 Å². The summed E-state index contributed by atoms with van der Waals surface area (Å²) < 4.78 is 23.3. The van der Waals surface area contributed by atoms with Gasteiger partial charge < -0.3 is 39.8 Å². The Morgan fingerprint density at radius 3 is 1.34 bits per heavy atom. The SMILES string of the molecule is CCC(C(=O)O)=C1C[C@@H](c2ccc(OC)c(OC3CCCC3)c2)CN1.CCC(C(=O)O)=C1C[C@H](c2ccc(OC)c(OC3CCCC3)c2)CN1. The van der Waals surface area contributed by atoms with Crippen molar-refractivity contribution in [3.8, 4) is 23.0 Å².